The topological polar surface area (TPSA) is 118 Å². The number of likely N-dealkylation sites (N-methyl/N-ethyl adjacent to an activating group) is 1. The highest BCUT2D eigenvalue weighted by molar-refractivity contribution is 5.89. The number of fused-ring (bicyclic) bond motifs is 2. The Kier molecular flexibility index (Phi) is 7.24. The van der Waals surface area contributed by atoms with Crippen molar-refractivity contribution >= 4 is 23.5 Å². The van der Waals surface area contributed by atoms with Gasteiger partial charge in [0.15, 0.2) is 5.65 Å². The highest BCUT2D eigenvalue weighted by Crippen LogP contribution is 2.38. The van der Waals surface area contributed by atoms with Crippen LogP contribution in [0.25, 0.3) is 5.65 Å². The Morgan fingerprint density at radius 1 is 1.30 bits per heavy atom. The van der Waals surface area contributed by atoms with Crippen LogP contribution in [0.2, 0.25) is 0 Å². The number of alkyl carbamates (subject to hydrolysis) is 1. The minimum absolute atomic E-state index is 0.0128. The summed E-state index contributed by atoms with van der Waals surface area (Å²) >= 11 is 0. The van der Waals surface area contributed by atoms with Gasteiger partial charge in [-0.2, -0.15) is 5.10 Å². The zero-order valence-electron chi connectivity index (χ0n) is 24.4. The van der Waals surface area contributed by atoms with Gasteiger partial charge in [0.2, 0.25) is 5.91 Å². The molecule has 0 bridgehead atoms. The third kappa shape index (κ3) is 5.24. The number of hydrogen-bond acceptors (Lipinski definition) is 7. The largest absolute Gasteiger partial charge is 0.444 e. The van der Waals surface area contributed by atoms with Crippen molar-refractivity contribution in [3.05, 3.63) is 58.9 Å². The molecule has 2 aliphatic rings. The molecule has 1 aliphatic carbocycles. The number of nitrogens with two attached hydrogens (primary N) is 1. The van der Waals surface area contributed by atoms with Crippen molar-refractivity contribution in [3.63, 3.8) is 0 Å². The Hall–Kier alpha value is -3.66. The van der Waals surface area contributed by atoms with Gasteiger partial charge >= 0.3 is 6.09 Å². The van der Waals surface area contributed by atoms with Crippen molar-refractivity contribution in [1.29, 1.82) is 0 Å². The zero-order valence-corrected chi connectivity index (χ0v) is 24.4. The minimum atomic E-state index is -1.03. The smallest absolute Gasteiger partial charge is 0.407 e. The van der Waals surface area contributed by atoms with Gasteiger partial charge in [-0.1, -0.05) is 31.2 Å². The number of carbonyl (C=O) groups is 2. The molecule has 0 saturated carbocycles. The first kappa shape index (κ1) is 27.9. The number of nitrogens with zero attached hydrogens (tertiary/aromatic N) is 5. The highest BCUT2D eigenvalue weighted by atomic mass is 16.6. The number of carbonyl (C=O) groups excluding carboxylic acids is 2. The average molecular weight is 548 g/mol. The van der Waals surface area contributed by atoms with Crippen LogP contribution in [0.5, 0.6) is 0 Å². The lowest BCUT2D eigenvalue weighted by Gasteiger charge is -2.34. The third-order valence-corrected chi connectivity index (χ3v) is 8.02. The fourth-order valence-corrected chi connectivity index (χ4v) is 6.05. The quantitative estimate of drug-likeness (QED) is 0.481. The van der Waals surface area contributed by atoms with Crippen LogP contribution in [0.1, 0.15) is 75.4 Å². The van der Waals surface area contributed by atoms with Crippen LogP contribution < -0.4 is 16.0 Å². The Morgan fingerprint density at radius 3 is 2.77 bits per heavy atom. The van der Waals surface area contributed by atoms with Crippen molar-refractivity contribution in [2.24, 2.45) is 5.73 Å². The molecular formula is C30H41N7O3. The predicted molar refractivity (Wildman–Crippen MR) is 154 cm³/mol. The molecule has 1 fully saturated rings. The summed E-state index contributed by atoms with van der Waals surface area (Å²) in [6.07, 6.45) is 4.48. The molecule has 5 rings (SSSR count). The maximum absolute atomic E-state index is 13.8. The number of hydrogen-bond donors (Lipinski definition) is 2. The van der Waals surface area contributed by atoms with E-state index in [1.165, 1.54) is 0 Å². The Balaban J connectivity index is 1.34. The van der Waals surface area contributed by atoms with Crippen LogP contribution in [-0.2, 0) is 21.5 Å². The number of aryl methyl sites for hydroxylation is 2. The molecule has 3 atom stereocenters. The number of anilines is 1. The SMILES string of the molecule is CC[C@@H](c1cc2nc(N3CC[C@H](NC(=O)OC(C)(C)C)C3)c(C)cn2n1)N(C)C(=O)C1(N)CCc2ccccc21. The molecule has 1 aliphatic heterocycles. The van der Waals surface area contributed by atoms with E-state index < -0.39 is 17.2 Å². The standard InChI is InChI=1S/C30H41N7O3/c1-7-24(35(6)27(38)30(31)14-12-20-10-8-9-11-22(20)30)23-16-25-33-26(19(2)17-37(25)34-23)36-15-13-21(18-36)32-28(39)40-29(3,4)5/h8-11,16-17,21,24H,7,12-15,18,31H2,1-6H3,(H,32,39)/t21-,24-,30?/m0/s1. The van der Waals surface area contributed by atoms with Crippen molar-refractivity contribution in [2.45, 2.75) is 83.5 Å². The van der Waals surface area contributed by atoms with E-state index in [0.29, 0.717) is 25.0 Å². The molecule has 10 heteroatoms. The maximum atomic E-state index is 13.8. The number of benzene rings is 1. The Labute approximate surface area is 235 Å². The molecule has 10 nitrogen and oxygen atoms in total. The van der Waals surface area contributed by atoms with Crippen molar-refractivity contribution in [3.8, 4) is 0 Å². The van der Waals surface area contributed by atoms with Crippen LogP contribution in [0.15, 0.2) is 36.5 Å². The lowest BCUT2D eigenvalue weighted by molar-refractivity contribution is -0.138. The van der Waals surface area contributed by atoms with Gasteiger partial charge < -0.3 is 25.6 Å². The number of ether oxygens (including phenoxy) is 1. The van der Waals surface area contributed by atoms with Gasteiger partial charge in [-0.3, -0.25) is 4.79 Å². The van der Waals surface area contributed by atoms with E-state index in [0.717, 1.165) is 47.6 Å². The summed E-state index contributed by atoms with van der Waals surface area (Å²) in [5.74, 6) is 0.778. The molecule has 214 valence electrons. The van der Waals surface area contributed by atoms with Gasteiger partial charge in [-0.05, 0) is 64.5 Å². The van der Waals surface area contributed by atoms with E-state index in [9.17, 15) is 9.59 Å². The Bertz CT molecular complexity index is 1430. The van der Waals surface area contributed by atoms with Gasteiger partial charge in [-0.15, -0.1) is 0 Å². The number of rotatable bonds is 6. The second-order valence-electron chi connectivity index (χ2n) is 12.2. The van der Waals surface area contributed by atoms with Gasteiger partial charge in [0.05, 0.1) is 17.8 Å². The highest BCUT2D eigenvalue weighted by Gasteiger charge is 2.44. The van der Waals surface area contributed by atoms with Crippen LogP contribution >= 0.6 is 0 Å². The molecule has 1 aromatic carbocycles. The predicted octanol–water partition coefficient (Wildman–Crippen LogP) is 3.85. The first-order valence-corrected chi connectivity index (χ1v) is 14.2. The normalized spacial score (nSPS) is 21.4. The second-order valence-corrected chi connectivity index (χ2v) is 12.2. The van der Waals surface area contributed by atoms with Crippen molar-refractivity contribution in [1.82, 2.24) is 24.8 Å². The fourth-order valence-electron chi connectivity index (χ4n) is 6.05. The van der Waals surface area contributed by atoms with Gasteiger partial charge in [0.1, 0.15) is 17.0 Å². The molecular weight excluding hydrogens is 506 g/mol. The van der Waals surface area contributed by atoms with Crippen LogP contribution in [0, 0.1) is 6.92 Å². The van der Waals surface area contributed by atoms with E-state index in [4.69, 9.17) is 20.6 Å². The fraction of sp³-hybridized carbons (Fsp3) is 0.533. The van der Waals surface area contributed by atoms with E-state index in [1.807, 2.05) is 65.2 Å². The van der Waals surface area contributed by atoms with Gasteiger partial charge in [0, 0.05) is 38.0 Å². The van der Waals surface area contributed by atoms with E-state index in [1.54, 1.807) is 9.42 Å². The number of amides is 2. The molecule has 3 aromatic rings. The van der Waals surface area contributed by atoms with E-state index in [-0.39, 0.29) is 18.0 Å². The lowest BCUT2D eigenvalue weighted by atomic mass is 9.90. The van der Waals surface area contributed by atoms with Crippen LogP contribution in [-0.4, -0.2) is 63.3 Å². The molecule has 1 unspecified atom stereocenters. The summed E-state index contributed by atoms with van der Waals surface area (Å²) in [5.41, 5.74) is 9.76. The van der Waals surface area contributed by atoms with E-state index >= 15 is 0 Å². The Morgan fingerprint density at radius 2 is 2.05 bits per heavy atom. The summed E-state index contributed by atoms with van der Waals surface area (Å²) in [5, 5.41) is 7.80. The summed E-state index contributed by atoms with van der Waals surface area (Å²) in [6, 6.07) is 9.67. The maximum Gasteiger partial charge on any atom is 0.407 e. The average Bonchev–Trinajstić information content (AvgIpc) is 3.60. The van der Waals surface area contributed by atoms with Gasteiger partial charge in [-0.25, -0.2) is 14.3 Å². The molecule has 0 spiro atoms. The molecule has 2 aromatic heterocycles. The lowest BCUT2D eigenvalue weighted by Crippen LogP contribution is -2.51. The third-order valence-electron chi connectivity index (χ3n) is 8.02. The van der Waals surface area contributed by atoms with Crippen molar-refractivity contribution < 1.29 is 14.3 Å². The second kappa shape index (κ2) is 10.4. The molecule has 40 heavy (non-hydrogen) atoms. The zero-order chi connectivity index (χ0) is 28.8. The molecule has 1 saturated heterocycles. The first-order chi connectivity index (χ1) is 18.9. The summed E-state index contributed by atoms with van der Waals surface area (Å²) in [4.78, 5) is 34.9. The van der Waals surface area contributed by atoms with Crippen molar-refractivity contribution in [2.75, 3.05) is 25.0 Å². The van der Waals surface area contributed by atoms with Crippen LogP contribution in [0.3, 0.4) is 0 Å². The number of nitrogens with one attached hydrogen (secondary N) is 1. The first-order valence-electron chi connectivity index (χ1n) is 14.2. The molecule has 3 heterocycles. The van der Waals surface area contributed by atoms with Gasteiger partial charge in [0.25, 0.3) is 0 Å². The molecule has 3 N–H and O–H groups in total. The summed E-state index contributed by atoms with van der Waals surface area (Å²) < 4.78 is 7.20. The van der Waals surface area contributed by atoms with E-state index in [2.05, 4.69) is 23.2 Å². The summed E-state index contributed by atoms with van der Waals surface area (Å²) in [7, 11) is 1.82. The molecule has 2 amide bonds. The molecule has 0 radical (unpaired) electrons. The monoisotopic (exact) mass is 547 g/mol. The van der Waals surface area contributed by atoms with Crippen LogP contribution in [0.4, 0.5) is 10.6 Å². The number of aromatic nitrogens is 3. The minimum Gasteiger partial charge on any atom is -0.444 e. The summed E-state index contributed by atoms with van der Waals surface area (Å²) in [6.45, 7) is 11.1.